The molecule has 2 aliphatic carbocycles. The highest BCUT2D eigenvalue weighted by atomic mass is 35.5. The fourth-order valence-electron chi connectivity index (χ4n) is 3.86. The van der Waals surface area contributed by atoms with E-state index >= 15 is 0 Å². The molecule has 0 amide bonds. The Morgan fingerprint density at radius 3 is 2.63 bits per heavy atom. The Labute approximate surface area is 187 Å². The number of ether oxygens (including phenoxy) is 2. The minimum Gasteiger partial charge on any atom is -0.490 e. The number of halogens is 2. The number of nitrogens with zero attached hydrogens (tertiary/aromatic N) is 1. The van der Waals surface area contributed by atoms with Crippen LogP contribution in [0.2, 0.25) is 10.0 Å². The fraction of sp³-hybridized carbons (Fsp3) is 0.320. The molecule has 5 rings (SSSR count). The maximum Gasteiger partial charge on any atom is 0.127 e. The zero-order valence-electron chi connectivity index (χ0n) is 16.6. The number of rotatable bonds is 8. The van der Waals surface area contributed by atoms with Gasteiger partial charge in [-0.15, -0.1) is 0 Å². The molecule has 0 unspecified atom stereocenters. The number of hydrogen-bond donors (Lipinski definition) is 0. The summed E-state index contributed by atoms with van der Waals surface area (Å²) in [7, 11) is 0. The van der Waals surface area contributed by atoms with E-state index in [1.54, 1.807) is 6.07 Å². The van der Waals surface area contributed by atoms with Crippen molar-refractivity contribution in [3.8, 4) is 16.9 Å². The molecular formula is C25H23Cl2NO2. The standard InChI is InChI=1S/C25H23Cl2NO2/c26-18-5-8-23(27)17(13-18)15-29-16-25(10-11-25)22-14-28-12-9-20(22)21-3-1-2-4-24(21)30-19-6-7-19/h1-5,8-9,12-14,19H,6-7,10-11,15-16H2. The summed E-state index contributed by atoms with van der Waals surface area (Å²) in [5.74, 6) is 0.954. The highest BCUT2D eigenvalue weighted by Crippen LogP contribution is 2.52. The highest BCUT2D eigenvalue weighted by Gasteiger charge is 2.46. The summed E-state index contributed by atoms with van der Waals surface area (Å²) in [6.07, 6.45) is 8.66. The Morgan fingerprint density at radius 1 is 1.00 bits per heavy atom. The van der Waals surface area contributed by atoms with Crippen molar-refractivity contribution in [2.75, 3.05) is 6.61 Å². The van der Waals surface area contributed by atoms with Crippen LogP contribution in [-0.2, 0) is 16.8 Å². The van der Waals surface area contributed by atoms with E-state index in [9.17, 15) is 0 Å². The molecule has 0 spiro atoms. The Morgan fingerprint density at radius 2 is 1.83 bits per heavy atom. The van der Waals surface area contributed by atoms with Crippen molar-refractivity contribution in [1.29, 1.82) is 0 Å². The second-order valence-corrected chi connectivity index (χ2v) is 9.09. The summed E-state index contributed by atoms with van der Waals surface area (Å²) in [5, 5.41) is 1.35. The summed E-state index contributed by atoms with van der Waals surface area (Å²) in [6.45, 7) is 1.07. The van der Waals surface area contributed by atoms with Crippen molar-refractivity contribution in [3.05, 3.63) is 82.1 Å². The van der Waals surface area contributed by atoms with Crippen LogP contribution in [-0.4, -0.2) is 17.7 Å². The lowest BCUT2D eigenvalue weighted by molar-refractivity contribution is 0.100. The number of aromatic nitrogens is 1. The summed E-state index contributed by atoms with van der Waals surface area (Å²) in [5.41, 5.74) is 4.44. The van der Waals surface area contributed by atoms with Crippen LogP contribution in [0.1, 0.15) is 36.8 Å². The van der Waals surface area contributed by atoms with Crippen molar-refractivity contribution in [2.45, 2.75) is 43.8 Å². The van der Waals surface area contributed by atoms with E-state index in [0.29, 0.717) is 29.4 Å². The van der Waals surface area contributed by atoms with E-state index in [-0.39, 0.29) is 5.41 Å². The molecule has 0 saturated heterocycles. The van der Waals surface area contributed by atoms with Crippen LogP contribution in [0.25, 0.3) is 11.1 Å². The lowest BCUT2D eigenvalue weighted by atomic mass is 9.90. The third-order valence-electron chi connectivity index (χ3n) is 5.88. The van der Waals surface area contributed by atoms with Gasteiger partial charge in [0.25, 0.3) is 0 Å². The molecule has 0 atom stereocenters. The average Bonchev–Trinajstić information content (AvgIpc) is 3.68. The van der Waals surface area contributed by atoms with Gasteiger partial charge in [-0.05, 0) is 72.7 Å². The Kier molecular flexibility index (Phi) is 5.44. The van der Waals surface area contributed by atoms with E-state index in [1.807, 2.05) is 30.6 Å². The second kappa shape index (κ2) is 8.22. The van der Waals surface area contributed by atoms with Crippen molar-refractivity contribution in [1.82, 2.24) is 4.98 Å². The van der Waals surface area contributed by atoms with E-state index in [1.165, 1.54) is 11.1 Å². The van der Waals surface area contributed by atoms with E-state index in [4.69, 9.17) is 32.7 Å². The predicted molar refractivity (Wildman–Crippen MR) is 120 cm³/mol. The third kappa shape index (κ3) is 4.20. The van der Waals surface area contributed by atoms with Crippen LogP contribution in [0.4, 0.5) is 0 Å². The highest BCUT2D eigenvalue weighted by molar-refractivity contribution is 6.33. The molecular weight excluding hydrogens is 417 g/mol. The zero-order chi connectivity index (χ0) is 20.6. The van der Waals surface area contributed by atoms with E-state index in [0.717, 1.165) is 42.6 Å². The van der Waals surface area contributed by atoms with Crippen molar-refractivity contribution < 1.29 is 9.47 Å². The fourth-order valence-corrected chi connectivity index (χ4v) is 4.23. The molecule has 0 N–H and O–H groups in total. The van der Waals surface area contributed by atoms with Crippen LogP contribution < -0.4 is 4.74 Å². The summed E-state index contributed by atoms with van der Waals surface area (Å²) < 4.78 is 12.3. The molecule has 5 heteroatoms. The van der Waals surface area contributed by atoms with Crippen LogP contribution in [0.5, 0.6) is 5.75 Å². The molecule has 30 heavy (non-hydrogen) atoms. The van der Waals surface area contributed by atoms with Gasteiger partial charge < -0.3 is 9.47 Å². The number of hydrogen-bond acceptors (Lipinski definition) is 3. The van der Waals surface area contributed by atoms with Gasteiger partial charge in [0.05, 0.1) is 19.3 Å². The Hall–Kier alpha value is -2.07. The average molecular weight is 440 g/mol. The van der Waals surface area contributed by atoms with Crippen LogP contribution in [0.15, 0.2) is 60.9 Å². The largest absolute Gasteiger partial charge is 0.490 e. The minimum atomic E-state index is -0.0126. The van der Waals surface area contributed by atoms with Gasteiger partial charge in [-0.2, -0.15) is 0 Å². The summed E-state index contributed by atoms with van der Waals surface area (Å²) in [4.78, 5) is 4.44. The van der Waals surface area contributed by atoms with Gasteiger partial charge in [-0.3, -0.25) is 4.98 Å². The molecule has 0 bridgehead atoms. The molecule has 2 fully saturated rings. The first kappa shape index (κ1) is 19.9. The monoisotopic (exact) mass is 439 g/mol. The molecule has 2 saturated carbocycles. The van der Waals surface area contributed by atoms with E-state index in [2.05, 4.69) is 29.2 Å². The summed E-state index contributed by atoms with van der Waals surface area (Å²) in [6, 6.07) is 15.9. The van der Waals surface area contributed by atoms with Crippen molar-refractivity contribution in [3.63, 3.8) is 0 Å². The quantitative estimate of drug-likeness (QED) is 0.384. The molecule has 3 nitrogen and oxygen atoms in total. The Bertz CT molecular complexity index is 1060. The third-order valence-corrected chi connectivity index (χ3v) is 6.49. The van der Waals surface area contributed by atoms with Crippen molar-refractivity contribution in [2.24, 2.45) is 0 Å². The van der Waals surface area contributed by atoms with Gasteiger partial charge >= 0.3 is 0 Å². The molecule has 3 aromatic rings. The first-order valence-corrected chi connectivity index (χ1v) is 11.1. The van der Waals surface area contributed by atoms with Gasteiger partial charge in [0, 0.05) is 33.4 Å². The topological polar surface area (TPSA) is 31.4 Å². The predicted octanol–water partition coefficient (Wildman–Crippen LogP) is 6.85. The van der Waals surface area contributed by atoms with Crippen molar-refractivity contribution >= 4 is 23.2 Å². The SMILES string of the molecule is Clc1ccc(Cl)c(COCC2(c3cnccc3-c3ccccc3OC3CC3)CC2)c1. The van der Waals surface area contributed by atoms with Gasteiger partial charge in [0.15, 0.2) is 0 Å². The number of para-hydroxylation sites is 1. The van der Waals surface area contributed by atoms with E-state index < -0.39 is 0 Å². The smallest absolute Gasteiger partial charge is 0.127 e. The number of benzene rings is 2. The van der Waals surface area contributed by atoms with Gasteiger partial charge in [0.1, 0.15) is 5.75 Å². The molecule has 2 aliphatic rings. The molecule has 154 valence electrons. The first-order valence-electron chi connectivity index (χ1n) is 10.4. The number of pyridine rings is 1. The second-order valence-electron chi connectivity index (χ2n) is 8.24. The van der Waals surface area contributed by atoms with Gasteiger partial charge in [0.2, 0.25) is 0 Å². The van der Waals surface area contributed by atoms with Gasteiger partial charge in [-0.1, -0.05) is 41.4 Å². The first-order chi connectivity index (χ1) is 14.6. The summed E-state index contributed by atoms with van der Waals surface area (Å²) >= 11 is 12.4. The molecule has 1 heterocycles. The van der Waals surface area contributed by atoms with Crippen LogP contribution >= 0.6 is 23.2 Å². The minimum absolute atomic E-state index is 0.0126. The lowest BCUT2D eigenvalue weighted by Gasteiger charge is -2.21. The van der Waals surface area contributed by atoms with Gasteiger partial charge in [-0.25, -0.2) is 0 Å². The molecule has 0 radical (unpaired) electrons. The normalized spacial score (nSPS) is 17.0. The molecule has 0 aliphatic heterocycles. The maximum absolute atomic E-state index is 6.29. The zero-order valence-corrected chi connectivity index (χ0v) is 18.1. The molecule has 2 aromatic carbocycles. The maximum atomic E-state index is 6.29. The van der Waals surface area contributed by atoms with Crippen LogP contribution in [0, 0.1) is 0 Å². The Balaban J connectivity index is 1.38. The van der Waals surface area contributed by atoms with Crippen LogP contribution in [0.3, 0.4) is 0 Å². The lowest BCUT2D eigenvalue weighted by Crippen LogP contribution is -2.17. The molecule has 1 aromatic heterocycles.